The van der Waals surface area contributed by atoms with E-state index in [4.69, 9.17) is 4.74 Å². The van der Waals surface area contributed by atoms with Crippen LogP contribution in [0.3, 0.4) is 0 Å². The molecule has 0 spiro atoms. The van der Waals surface area contributed by atoms with Gasteiger partial charge in [0.1, 0.15) is 0 Å². The number of ether oxygens (including phenoxy) is 1. The van der Waals surface area contributed by atoms with Gasteiger partial charge in [0.25, 0.3) is 0 Å². The maximum atomic E-state index is 11.5. The largest absolute Gasteiger partial charge is 0.357 e. The first-order valence-electron chi connectivity index (χ1n) is 4.80. The number of carbonyl (C=O) groups excluding carboxylic acids is 1. The van der Waals surface area contributed by atoms with Crippen LogP contribution < -0.4 is 0 Å². The minimum Gasteiger partial charge on any atom is -0.357 e. The predicted octanol–water partition coefficient (Wildman–Crippen LogP) is 1.51. The lowest BCUT2D eigenvalue weighted by Crippen LogP contribution is -2.32. The molecule has 1 amide bonds. The van der Waals surface area contributed by atoms with Crippen LogP contribution in [0.25, 0.3) is 5.57 Å². The number of nitrogens with zero attached hydrogens (tertiary/aromatic N) is 1. The molecule has 15 heavy (non-hydrogen) atoms. The summed E-state index contributed by atoms with van der Waals surface area (Å²) in [5.74, 6) is -0.0132. The van der Waals surface area contributed by atoms with Crippen LogP contribution in [0.5, 0.6) is 0 Å². The van der Waals surface area contributed by atoms with E-state index in [1.165, 1.54) is 0 Å². The van der Waals surface area contributed by atoms with Crippen molar-refractivity contribution in [3.8, 4) is 0 Å². The third-order valence-corrected chi connectivity index (χ3v) is 2.57. The summed E-state index contributed by atoms with van der Waals surface area (Å²) >= 11 is 0. The Kier molecular flexibility index (Phi) is 2.56. The van der Waals surface area contributed by atoms with Crippen molar-refractivity contribution < 1.29 is 9.53 Å². The molecule has 0 aromatic heterocycles. The van der Waals surface area contributed by atoms with E-state index >= 15 is 0 Å². The minimum atomic E-state index is -0.264. The number of methoxy groups -OCH3 is 1. The normalized spacial score (nSPS) is 20.7. The quantitative estimate of drug-likeness (QED) is 0.729. The van der Waals surface area contributed by atoms with Crippen LogP contribution in [-0.2, 0) is 9.53 Å². The van der Waals surface area contributed by atoms with Crippen LogP contribution in [0.2, 0.25) is 0 Å². The third kappa shape index (κ3) is 1.66. The number of amides is 1. The van der Waals surface area contributed by atoms with E-state index in [0.29, 0.717) is 0 Å². The van der Waals surface area contributed by atoms with Crippen LogP contribution >= 0.6 is 0 Å². The molecule has 1 atom stereocenters. The molecule has 0 bridgehead atoms. The van der Waals surface area contributed by atoms with Crippen LogP contribution in [0.4, 0.5) is 0 Å². The molecule has 1 aliphatic rings. The monoisotopic (exact) mass is 203 g/mol. The first kappa shape index (κ1) is 9.93. The second-order valence-corrected chi connectivity index (χ2v) is 3.50. The zero-order chi connectivity index (χ0) is 10.8. The molecule has 0 N–H and O–H groups in total. The highest BCUT2D eigenvalue weighted by molar-refractivity contribution is 6.01. The Morgan fingerprint density at radius 3 is 2.53 bits per heavy atom. The number of carbonyl (C=O) groups is 1. The molecule has 3 heteroatoms. The molecule has 1 aromatic rings. The summed E-state index contributed by atoms with van der Waals surface area (Å²) in [7, 11) is 3.35. The van der Waals surface area contributed by atoms with Gasteiger partial charge in [0.05, 0.1) is 0 Å². The summed E-state index contributed by atoms with van der Waals surface area (Å²) in [6.07, 6.45) is 1.36. The van der Waals surface area contributed by atoms with Crippen molar-refractivity contribution in [2.45, 2.75) is 6.23 Å². The van der Waals surface area contributed by atoms with Crippen molar-refractivity contribution in [1.82, 2.24) is 4.90 Å². The summed E-state index contributed by atoms with van der Waals surface area (Å²) < 4.78 is 5.30. The van der Waals surface area contributed by atoms with Crippen molar-refractivity contribution in [1.29, 1.82) is 0 Å². The van der Waals surface area contributed by atoms with Crippen molar-refractivity contribution in [2.75, 3.05) is 14.2 Å². The molecule has 2 rings (SSSR count). The molecular formula is C12H13NO2. The second kappa shape index (κ2) is 3.87. The molecule has 0 aliphatic carbocycles. The van der Waals surface area contributed by atoms with Gasteiger partial charge in [0.15, 0.2) is 6.23 Å². The number of rotatable bonds is 2. The van der Waals surface area contributed by atoms with Crippen LogP contribution in [-0.4, -0.2) is 31.2 Å². The number of benzene rings is 1. The van der Waals surface area contributed by atoms with E-state index in [1.807, 2.05) is 30.3 Å². The smallest absolute Gasteiger partial charge is 0.249 e. The average molecular weight is 203 g/mol. The summed E-state index contributed by atoms with van der Waals surface area (Å²) in [5.41, 5.74) is 1.95. The Bertz CT molecular complexity index is 397. The number of likely N-dealkylation sites (N-methyl/N-ethyl adjacent to an activating group) is 1. The molecule has 1 unspecified atom stereocenters. The Morgan fingerprint density at radius 2 is 1.93 bits per heavy atom. The minimum absolute atomic E-state index is 0.0132. The molecule has 0 fully saturated rings. The van der Waals surface area contributed by atoms with E-state index in [0.717, 1.165) is 11.1 Å². The van der Waals surface area contributed by atoms with Crippen LogP contribution in [0, 0.1) is 0 Å². The van der Waals surface area contributed by atoms with Crippen molar-refractivity contribution in [3.63, 3.8) is 0 Å². The summed E-state index contributed by atoms with van der Waals surface area (Å²) in [5, 5.41) is 0. The first-order chi connectivity index (χ1) is 7.24. The van der Waals surface area contributed by atoms with Gasteiger partial charge >= 0.3 is 0 Å². The molecule has 0 saturated carbocycles. The van der Waals surface area contributed by atoms with Crippen LogP contribution in [0.15, 0.2) is 36.4 Å². The average Bonchev–Trinajstić information content (AvgIpc) is 2.56. The van der Waals surface area contributed by atoms with Gasteiger partial charge < -0.3 is 9.64 Å². The van der Waals surface area contributed by atoms with E-state index < -0.39 is 0 Å². The SMILES string of the molecule is COC1C(c2ccccc2)=CC(=O)N1C. The topological polar surface area (TPSA) is 29.5 Å². The lowest BCUT2D eigenvalue weighted by molar-refractivity contribution is -0.129. The van der Waals surface area contributed by atoms with Gasteiger partial charge in [0.2, 0.25) is 5.91 Å². The Hall–Kier alpha value is -1.61. The van der Waals surface area contributed by atoms with Gasteiger partial charge in [-0.1, -0.05) is 30.3 Å². The maximum Gasteiger partial charge on any atom is 0.249 e. The Balaban J connectivity index is 2.37. The van der Waals surface area contributed by atoms with Gasteiger partial charge in [-0.25, -0.2) is 0 Å². The molecule has 0 radical (unpaired) electrons. The summed E-state index contributed by atoms with van der Waals surface area (Å²) in [6, 6.07) is 9.80. The third-order valence-electron chi connectivity index (χ3n) is 2.57. The van der Waals surface area contributed by atoms with E-state index in [-0.39, 0.29) is 12.1 Å². The standard InChI is InChI=1S/C12H13NO2/c1-13-11(14)8-10(12(13)15-2)9-6-4-3-5-7-9/h3-8,12H,1-2H3. The Morgan fingerprint density at radius 1 is 1.27 bits per heavy atom. The highest BCUT2D eigenvalue weighted by Gasteiger charge is 2.30. The number of hydrogen-bond donors (Lipinski definition) is 0. The molecule has 3 nitrogen and oxygen atoms in total. The van der Waals surface area contributed by atoms with E-state index in [2.05, 4.69) is 0 Å². The van der Waals surface area contributed by atoms with Crippen molar-refractivity contribution in [3.05, 3.63) is 42.0 Å². The Labute approximate surface area is 89.0 Å². The first-order valence-corrected chi connectivity index (χ1v) is 4.80. The summed E-state index contributed by atoms with van der Waals surface area (Å²) in [6.45, 7) is 0. The van der Waals surface area contributed by atoms with E-state index in [1.54, 1.807) is 25.1 Å². The molecule has 0 saturated heterocycles. The molecule has 1 aromatic carbocycles. The predicted molar refractivity (Wildman–Crippen MR) is 58.0 cm³/mol. The zero-order valence-corrected chi connectivity index (χ0v) is 8.81. The van der Waals surface area contributed by atoms with Crippen LogP contribution in [0.1, 0.15) is 5.56 Å². The fourth-order valence-corrected chi connectivity index (χ4v) is 1.77. The zero-order valence-electron chi connectivity index (χ0n) is 8.81. The molecule has 78 valence electrons. The summed E-state index contributed by atoms with van der Waals surface area (Å²) in [4.78, 5) is 13.1. The van der Waals surface area contributed by atoms with Gasteiger partial charge in [-0.2, -0.15) is 0 Å². The fraction of sp³-hybridized carbons (Fsp3) is 0.250. The van der Waals surface area contributed by atoms with E-state index in [9.17, 15) is 4.79 Å². The van der Waals surface area contributed by atoms with Crippen molar-refractivity contribution >= 4 is 11.5 Å². The lowest BCUT2D eigenvalue weighted by Gasteiger charge is -2.21. The van der Waals surface area contributed by atoms with Gasteiger partial charge in [0, 0.05) is 25.8 Å². The highest BCUT2D eigenvalue weighted by Crippen LogP contribution is 2.27. The molecule has 1 heterocycles. The lowest BCUT2D eigenvalue weighted by atomic mass is 10.1. The molecular weight excluding hydrogens is 190 g/mol. The number of hydrogen-bond acceptors (Lipinski definition) is 2. The molecule has 1 aliphatic heterocycles. The van der Waals surface area contributed by atoms with Gasteiger partial charge in [-0.3, -0.25) is 4.79 Å². The maximum absolute atomic E-state index is 11.5. The second-order valence-electron chi connectivity index (χ2n) is 3.50. The highest BCUT2D eigenvalue weighted by atomic mass is 16.5. The van der Waals surface area contributed by atoms with Gasteiger partial charge in [-0.15, -0.1) is 0 Å². The van der Waals surface area contributed by atoms with Gasteiger partial charge in [-0.05, 0) is 5.56 Å². The fourth-order valence-electron chi connectivity index (χ4n) is 1.77. The van der Waals surface area contributed by atoms with Crippen molar-refractivity contribution in [2.24, 2.45) is 0 Å².